The molecule has 2 N–H and O–H groups in total. The highest BCUT2D eigenvalue weighted by molar-refractivity contribution is 5.83. The molecule has 0 saturated carbocycles. The van der Waals surface area contributed by atoms with Crippen molar-refractivity contribution in [2.45, 2.75) is 6.42 Å². The minimum Gasteiger partial charge on any atom is -0.380 e. The van der Waals surface area contributed by atoms with E-state index in [2.05, 4.69) is 52.8 Å². The molecular weight excluding hydrogens is 296 g/mol. The molecule has 0 atom stereocenters. The van der Waals surface area contributed by atoms with Gasteiger partial charge in [-0.15, -0.1) is 0 Å². The summed E-state index contributed by atoms with van der Waals surface area (Å²) in [5.74, 6) is 0. The molecule has 3 nitrogen and oxygen atoms in total. The summed E-state index contributed by atoms with van der Waals surface area (Å²) in [7, 11) is 0. The number of anilines is 1. The van der Waals surface area contributed by atoms with Crippen LogP contribution in [0.1, 0.15) is 5.56 Å². The molecule has 0 unspecified atom stereocenters. The molecule has 24 heavy (non-hydrogen) atoms. The predicted octanol–water partition coefficient (Wildman–Crippen LogP) is 4.34. The highest BCUT2D eigenvalue weighted by Gasteiger charge is 2.02. The number of aromatic amines is 1. The quantitative estimate of drug-likeness (QED) is 0.588. The number of para-hydroxylation sites is 1. The van der Waals surface area contributed by atoms with Gasteiger partial charge in [-0.2, -0.15) is 0 Å². The van der Waals surface area contributed by atoms with Crippen molar-refractivity contribution in [2.24, 2.45) is 0 Å². The molecule has 0 spiro atoms. The van der Waals surface area contributed by atoms with Crippen molar-refractivity contribution >= 4 is 27.4 Å². The molecule has 1 aromatic heterocycles. The summed E-state index contributed by atoms with van der Waals surface area (Å²) < 4.78 is 0. The Morgan fingerprint density at radius 3 is 2.42 bits per heavy atom. The predicted molar refractivity (Wildman–Crippen MR) is 101 cm³/mol. The number of benzene rings is 3. The smallest absolute Gasteiger partial charge is 0.271 e. The van der Waals surface area contributed by atoms with Crippen LogP contribution in [-0.2, 0) is 6.42 Å². The lowest BCUT2D eigenvalue weighted by Gasteiger charge is -2.08. The van der Waals surface area contributed by atoms with Gasteiger partial charge in [0.1, 0.15) is 5.69 Å². The van der Waals surface area contributed by atoms with Crippen LogP contribution in [0.4, 0.5) is 5.69 Å². The minimum absolute atomic E-state index is 0.0767. The van der Waals surface area contributed by atoms with Crippen LogP contribution < -0.4 is 10.9 Å². The maximum absolute atomic E-state index is 12.1. The fourth-order valence-corrected chi connectivity index (χ4v) is 3.01. The van der Waals surface area contributed by atoms with Crippen LogP contribution in [0.25, 0.3) is 21.7 Å². The minimum atomic E-state index is -0.0767. The molecule has 3 heteroatoms. The van der Waals surface area contributed by atoms with Crippen LogP contribution in [0.15, 0.2) is 77.6 Å². The van der Waals surface area contributed by atoms with E-state index >= 15 is 0 Å². The third-order valence-electron chi connectivity index (χ3n) is 4.30. The molecule has 4 aromatic rings. The van der Waals surface area contributed by atoms with E-state index in [1.54, 1.807) is 0 Å². The fraction of sp³-hybridized carbons (Fsp3) is 0.0952. The molecule has 0 amide bonds. The summed E-state index contributed by atoms with van der Waals surface area (Å²) in [6.45, 7) is 0.722. The van der Waals surface area contributed by atoms with Crippen molar-refractivity contribution in [3.05, 3.63) is 88.7 Å². The average molecular weight is 314 g/mol. The van der Waals surface area contributed by atoms with E-state index in [1.165, 1.54) is 16.3 Å². The van der Waals surface area contributed by atoms with Gasteiger partial charge < -0.3 is 10.3 Å². The highest BCUT2D eigenvalue weighted by atomic mass is 16.1. The van der Waals surface area contributed by atoms with Crippen LogP contribution in [0, 0.1) is 0 Å². The average Bonchev–Trinajstić information content (AvgIpc) is 2.62. The highest BCUT2D eigenvalue weighted by Crippen LogP contribution is 2.16. The number of rotatable bonds is 4. The van der Waals surface area contributed by atoms with Crippen molar-refractivity contribution in [1.82, 2.24) is 4.98 Å². The van der Waals surface area contributed by atoms with Crippen molar-refractivity contribution in [1.29, 1.82) is 0 Å². The third kappa shape index (κ3) is 2.88. The van der Waals surface area contributed by atoms with Gasteiger partial charge in [-0.1, -0.05) is 60.7 Å². The van der Waals surface area contributed by atoms with Crippen molar-refractivity contribution in [3.63, 3.8) is 0 Å². The van der Waals surface area contributed by atoms with Crippen LogP contribution in [0.3, 0.4) is 0 Å². The molecule has 4 rings (SSSR count). The number of aromatic nitrogens is 1. The van der Waals surface area contributed by atoms with E-state index in [4.69, 9.17) is 0 Å². The van der Waals surface area contributed by atoms with E-state index in [1.807, 2.05) is 30.3 Å². The monoisotopic (exact) mass is 314 g/mol. The first-order valence-corrected chi connectivity index (χ1v) is 8.13. The summed E-state index contributed by atoms with van der Waals surface area (Å²) in [5, 5.41) is 6.79. The van der Waals surface area contributed by atoms with Crippen molar-refractivity contribution in [3.8, 4) is 0 Å². The maximum atomic E-state index is 12.1. The molecular formula is C21H18N2O. The number of hydrogen-bond acceptors (Lipinski definition) is 2. The summed E-state index contributed by atoms with van der Waals surface area (Å²) in [4.78, 5) is 15.0. The number of pyridine rings is 1. The zero-order valence-corrected chi connectivity index (χ0v) is 13.3. The Kier molecular flexibility index (Phi) is 3.75. The lowest BCUT2D eigenvalue weighted by atomic mass is 10.1. The number of fused-ring (bicyclic) bond motifs is 2. The molecule has 0 saturated heterocycles. The Hall–Kier alpha value is -3.07. The SMILES string of the molecule is O=c1[nH]c2ccccc2cc1NCCc1ccc2ccccc2c1. The second-order valence-corrected chi connectivity index (χ2v) is 5.96. The van der Waals surface area contributed by atoms with Crippen LogP contribution in [-0.4, -0.2) is 11.5 Å². The second-order valence-electron chi connectivity index (χ2n) is 5.96. The topological polar surface area (TPSA) is 44.9 Å². The van der Waals surface area contributed by atoms with Gasteiger partial charge in [0.25, 0.3) is 5.56 Å². The molecule has 0 radical (unpaired) electrons. The number of hydrogen-bond donors (Lipinski definition) is 2. The molecule has 0 fully saturated rings. The fourth-order valence-electron chi connectivity index (χ4n) is 3.01. The van der Waals surface area contributed by atoms with Gasteiger partial charge in [0.2, 0.25) is 0 Å². The molecule has 0 aliphatic heterocycles. The molecule has 0 aliphatic carbocycles. The first-order valence-electron chi connectivity index (χ1n) is 8.13. The molecule has 118 valence electrons. The summed E-state index contributed by atoms with van der Waals surface area (Å²) >= 11 is 0. The van der Waals surface area contributed by atoms with Crippen LogP contribution in [0.5, 0.6) is 0 Å². The second kappa shape index (κ2) is 6.20. The Balaban J connectivity index is 1.50. The largest absolute Gasteiger partial charge is 0.380 e. The Morgan fingerprint density at radius 2 is 1.54 bits per heavy atom. The zero-order valence-electron chi connectivity index (χ0n) is 13.3. The van der Waals surface area contributed by atoms with Gasteiger partial charge in [0.15, 0.2) is 0 Å². The van der Waals surface area contributed by atoms with Gasteiger partial charge in [-0.25, -0.2) is 0 Å². The van der Waals surface area contributed by atoms with Gasteiger partial charge >= 0.3 is 0 Å². The summed E-state index contributed by atoms with van der Waals surface area (Å²) in [6.07, 6.45) is 0.872. The Morgan fingerprint density at radius 1 is 0.792 bits per heavy atom. The van der Waals surface area contributed by atoms with E-state index in [0.29, 0.717) is 5.69 Å². The van der Waals surface area contributed by atoms with E-state index in [9.17, 15) is 4.79 Å². The van der Waals surface area contributed by atoms with Crippen molar-refractivity contribution < 1.29 is 0 Å². The van der Waals surface area contributed by atoms with Crippen LogP contribution in [0.2, 0.25) is 0 Å². The molecule has 1 heterocycles. The first-order chi connectivity index (χ1) is 11.8. The Bertz CT molecular complexity index is 1070. The number of nitrogens with one attached hydrogen (secondary N) is 2. The molecule has 0 aliphatic rings. The van der Waals surface area contributed by atoms with Crippen molar-refractivity contribution in [2.75, 3.05) is 11.9 Å². The number of H-pyrrole nitrogens is 1. The van der Waals surface area contributed by atoms with Gasteiger partial charge in [-0.3, -0.25) is 4.79 Å². The maximum Gasteiger partial charge on any atom is 0.271 e. The Labute approximate surface area is 140 Å². The zero-order chi connectivity index (χ0) is 16.4. The van der Waals surface area contributed by atoms with E-state index in [-0.39, 0.29) is 5.56 Å². The van der Waals surface area contributed by atoms with E-state index < -0.39 is 0 Å². The van der Waals surface area contributed by atoms with E-state index in [0.717, 1.165) is 23.9 Å². The van der Waals surface area contributed by atoms with Gasteiger partial charge in [0.05, 0.1) is 0 Å². The third-order valence-corrected chi connectivity index (χ3v) is 4.30. The lowest BCUT2D eigenvalue weighted by Crippen LogP contribution is -2.15. The summed E-state index contributed by atoms with van der Waals surface area (Å²) in [5.41, 5.74) is 2.67. The summed E-state index contributed by atoms with van der Waals surface area (Å²) in [6, 6.07) is 24.6. The molecule has 3 aromatic carbocycles. The normalized spacial score (nSPS) is 11.0. The lowest BCUT2D eigenvalue weighted by molar-refractivity contribution is 1.02. The van der Waals surface area contributed by atoms with Crippen LogP contribution >= 0.6 is 0 Å². The first kappa shape index (κ1) is 14.5. The van der Waals surface area contributed by atoms with Gasteiger partial charge in [0, 0.05) is 17.4 Å². The standard InChI is InChI=1S/C21H18N2O/c24-21-20(14-18-7-3-4-8-19(18)23-21)22-12-11-15-9-10-16-5-1-2-6-17(16)13-15/h1-10,13-14,22H,11-12H2,(H,23,24). The van der Waals surface area contributed by atoms with Gasteiger partial charge in [-0.05, 0) is 34.9 Å². The molecule has 0 bridgehead atoms.